The van der Waals surface area contributed by atoms with Gasteiger partial charge in [-0.3, -0.25) is 9.78 Å². The number of aliphatic carboxylic acids is 1. The van der Waals surface area contributed by atoms with Crippen LogP contribution in [0.5, 0.6) is 0 Å². The minimum absolute atomic E-state index is 0.0539. The predicted octanol–water partition coefficient (Wildman–Crippen LogP) is 0.741. The fourth-order valence-electron chi connectivity index (χ4n) is 3.37. The maximum Gasteiger partial charge on any atom is 0.490 e. The lowest BCUT2D eigenvalue weighted by Gasteiger charge is -2.35. The Hall–Kier alpha value is -2.25. The van der Waals surface area contributed by atoms with Crippen LogP contribution < -0.4 is 4.72 Å². The highest BCUT2D eigenvalue weighted by molar-refractivity contribution is 7.88. The molecule has 3 rings (SSSR count). The number of aromatic nitrogens is 1. The number of hydrogen-bond donors (Lipinski definition) is 2. The standard InChI is InChI=1S/C15H21N3O4S.C2HF3O2/c1-23(20,21)17-8-14-12-5-7-18(9-11(12)10-22-14)15(19)13-4-2-3-6-16-13;3-2(4,5)1(6)7/h2-4,6,11-12,14,17H,5,7-10H2,1H3;(H,6,7)/t11-,12-,14+;/m1./s1. The molecule has 0 saturated carbocycles. The van der Waals surface area contributed by atoms with E-state index < -0.39 is 22.2 Å². The van der Waals surface area contributed by atoms with E-state index in [9.17, 15) is 26.4 Å². The summed E-state index contributed by atoms with van der Waals surface area (Å²) in [6.07, 6.45) is -1.61. The van der Waals surface area contributed by atoms with E-state index in [4.69, 9.17) is 14.6 Å². The summed E-state index contributed by atoms with van der Waals surface area (Å²) in [5, 5.41) is 7.12. The van der Waals surface area contributed by atoms with Crippen LogP contribution in [-0.2, 0) is 19.6 Å². The summed E-state index contributed by atoms with van der Waals surface area (Å²) in [6.45, 7) is 2.14. The molecule has 1 amide bonds. The lowest BCUT2D eigenvalue weighted by atomic mass is 9.84. The molecule has 2 N–H and O–H groups in total. The van der Waals surface area contributed by atoms with Crippen LogP contribution in [0, 0.1) is 11.8 Å². The lowest BCUT2D eigenvalue weighted by Crippen LogP contribution is -2.46. The minimum atomic E-state index is -5.08. The molecule has 1 aromatic heterocycles. The van der Waals surface area contributed by atoms with Crippen molar-refractivity contribution in [3.8, 4) is 0 Å². The van der Waals surface area contributed by atoms with Crippen molar-refractivity contribution in [3.63, 3.8) is 0 Å². The van der Waals surface area contributed by atoms with E-state index in [1.54, 1.807) is 24.4 Å². The van der Waals surface area contributed by atoms with Gasteiger partial charge in [0, 0.05) is 31.7 Å². The third-order valence-electron chi connectivity index (χ3n) is 4.76. The molecular formula is C17H22F3N3O6S. The van der Waals surface area contributed by atoms with Gasteiger partial charge in [0.05, 0.1) is 19.0 Å². The molecule has 0 unspecified atom stereocenters. The number of sulfonamides is 1. The van der Waals surface area contributed by atoms with Gasteiger partial charge in [-0.15, -0.1) is 0 Å². The summed E-state index contributed by atoms with van der Waals surface area (Å²) in [5.41, 5.74) is 0.458. The maximum absolute atomic E-state index is 12.5. The van der Waals surface area contributed by atoms with Crippen molar-refractivity contribution in [2.45, 2.75) is 18.7 Å². The number of nitrogens with one attached hydrogen (secondary N) is 1. The maximum atomic E-state index is 12.5. The van der Waals surface area contributed by atoms with Gasteiger partial charge < -0.3 is 14.7 Å². The molecule has 1 aromatic rings. The highest BCUT2D eigenvalue weighted by Crippen LogP contribution is 2.34. The fraction of sp³-hybridized carbons (Fsp3) is 0.588. The molecule has 30 heavy (non-hydrogen) atoms. The smallest absolute Gasteiger partial charge is 0.475 e. The monoisotopic (exact) mass is 453 g/mol. The molecule has 2 aliphatic rings. The van der Waals surface area contributed by atoms with Crippen LogP contribution >= 0.6 is 0 Å². The van der Waals surface area contributed by atoms with Crippen LogP contribution in [0.25, 0.3) is 0 Å². The Kier molecular flexibility index (Phi) is 7.77. The van der Waals surface area contributed by atoms with Crippen LogP contribution in [0.15, 0.2) is 24.4 Å². The van der Waals surface area contributed by atoms with Crippen LogP contribution in [0.1, 0.15) is 16.9 Å². The highest BCUT2D eigenvalue weighted by atomic mass is 32.2. The number of rotatable bonds is 4. The minimum Gasteiger partial charge on any atom is -0.475 e. The molecule has 3 heterocycles. The summed E-state index contributed by atoms with van der Waals surface area (Å²) in [4.78, 5) is 27.3. The van der Waals surface area contributed by atoms with E-state index in [-0.39, 0.29) is 23.8 Å². The molecular weight excluding hydrogens is 431 g/mol. The molecule has 0 aliphatic carbocycles. The van der Waals surface area contributed by atoms with Gasteiger partial charge in [-0.2, -0.15) is 13.2 Å². The van der Waals surface area contributed by atoms with Gasteiger partial charge in [-0.25, -0.2) is 17.9 Å². The van der Waals surface area contributed by atoms with Crippen LogP contribution in [-0.4, -0.2) is 80.1 Å². The Labute approximate surface area is 171 Å². The summed E-state index contributed by atoms with van der Waals surface area (Å²) >= 11 is 0. The number of amides is 1. The fourth-order valence-corrected chi connectivity index (χ4v) is 3.83. The van der Waals surface area contributed by atoms with Crippen LogP contribution in [0.4, 0.5) is 13.2 Å². The zero-order valence-electron chi connectivity index (χ0n) is 16.0. The normalized spacial score (nSPS) is 23.9. The van der Waals surface area contributed by atoms with Gasteiger partial charge >= 0.3 is 12.1 Å². The second kappa shape index (κ2) is 9.71. The first-order chi connectivity index (χ1) is 13.9. The van der Waals surface area contributed by atoms with Crippen molar-refractivity contribution >= 4 is 21.9 Å². The zero-order valence-corrected chi connectivity index (χ0v) is 16.8. The number of ether oxygens (including phenoxy) is 1. The number of halogens is 3. The Morgan fingerprint density at radius 3 is 2.57 bits per heavy atom. The zero-order chi connectivity index (χ0) is 22.5. The molecule has 2 fully saturated rings. The molecule has 0 spiro atoms. The number of carbonyl (C=O) groups excluding carboxylic acids is 1. The van der Waals surface area contributed by atoms with Crippen molar-refractivity contribution in [2.75, 3.05) is 32.5 Å². The van der Waals surface area contributed by atoms with Crippen molar-refractivity contribution in [3.05, 3.63) is 30.1 Å². The SMILES string of the molecule is CS(=O)(=O)NC[C@@H]1OC[C@H]2CN(C(=O)c3ccccn3)CC[C@H]21.O=C(O)C(F)(F)F. The average Bonchev–Trinajstić information content (AvgIpc) is 3.08. The third-order valence-corrected chi connectivity index (χ3v) is 5.45. The molecule has 9 nitrogen and oxygen atoms in total. The Morgan fingerprint density at radius 2 is 2.03 bits per heavy atom. The number of likely N-dealkylation sites (tertiary alicyclic amines) is 1. The largest absolute Gasteiger partial charge is 0.490 e. The number of piperidine rings is 1. The second-order valence-corrected chi connectivity index (χ2v) is 8.81. The molecule has 2 aliphatic heterocycles. The molecule has 0 bridgehead atoms. The first kappa shape index (κ1) is 24.0. The number of nitrogens with zero attached hydrogens (tertiary/aromatic N) is 2. The molecule has 0 aromatic carbocycles. The Balaban J connectivity index is 0.000000396. The van der Waals surface area contributed by atoms with E-state index in [1.807, 2.05) is 4.90 Å². The van der Waals surface area contributed by atoms with E-state index >= 15 is 0 Å². The molecule has 13 heteroatoms. The van der Waals surface area contributed by atoms with Crippen molar-refractivity contribution in [1.29, 1.82) is 0 Å². The first-order valence-corrected chi connectivity index (χ1v) is 10.8. The van der Waals surface area contributed by atoms with Gasteiger partial charge in [0.15, 0.2) is 0 Å². The molecule has 0 radical (unpaired) electrons. The predicted molar refractivity (Wildman–Crippen MR) is 98.0 cm³/mol. The highest BCUT2D eigenvalue weighted by Gasteiger charge is 2.42. The quantitative estimate of drug-likeness (QED) is 0.689. The second-order valence-electron chi connectivity index (χ2n) is 6.97. The lowest BCUT2D eigenvalue weighted by molar-refractivity contribution is -0.192. The number of carboxylic acid groups (broad SMARTS) is 1. The summed E-state index contributed by atoms with van der Waals surface area (Å²) in [6, 6.07) is 5.31. The number of alkyl halides is 3. The molecule has 2 saturated heterocycles. The van der Waals surface area contributed by atoms with E-state index in [0.717, 1.165) is 12.7 Å². The number of carboxylic acids is 1. The Morgan fingerprint density at radius 1 is 1.37 bits per heavy atom. The van der Waals surface area contributed by atoms with Crippen molar-refractivity contribution < 1.29 is 41.0 Å². The van der Waals surface area contributed by atoms with Crippen LogP contribution in [0.2, 0.25) is 0 Å². The third kappa shape index (κ3) is 6.92. The number of pyridine rings is 1. The van der Waals surface area contributed by atoms with Gasteiger partial charge in [0.25, 0.3) is 5.91 Å². The van der Waals surface area contributed by atoms with Gasteiger partial charge in [-0.1, -0.05) is 6.07 Å². The summed E-state index contributed by atoms with van der Waals surface area (Å²) in [5.74, 6) is -2.27. The average molecular weight is 453 g/mol. The van der Waals surface area contributed by atoms with Gasteiger partial charge in [-0.05, 0) is 24.5 Å². The van der Waals surface area contributed by atoms with Crippen molar-refractivity contribution in [2.24, 2.45) is 11.8 Å². The number of carbonyl (C=O) groups is 2. The number of fused-ring (bicyclic) bond motifs is 1. The Bertz CT molecular complexity index is 850. The first-order valence-electron chi connectivity index (χ1n) is 8.95. The van der Waals surface area contributed by atoms with Crippen molar-refractivity contribution in [1.82, 2.24) is 14.6 Å². The summed E-state index contributed by atoms with van der Waals surface area (Å²) in [7, 11) is -3.21. The van der Waals surface area contributed by atoms with E-state index in [1.165, 1.54) is 0 Å². The molecule has 3 atom stereocenters. The number of hydrogen-bond acceptors (Lipinski definition) is 6. The topological polar surface area (TPSA) is 126 Å². The van der Waals surface area contributed by atoms with E-state index in [2.05, 4.69) is 9.71 Å². The van der Waals surface area contributed by atoms with E-state index in [0.29, 0.717) is 31.9 Å². The van der Waals surface area contributed by atoms with Gasteiger partial charge in [0.2, 0.25) is 10.0 Å². The van der Waals surface area contributed by atoms with Crippen LogP contribution in [0.3, 0.4) is 0 Å². The molecule has 168 valence electrons. The van der Waals surface area contributed by atoms with Gasteiger partial charge in [0.1, 0.15) is 5.69 Å². The summed E-state index contributed by atoms with van der Waals surface area (Å²) < 4.78 is 62.4.